The van der Waals surface area contributed by atoms with Gasteiger partial charge in [0.2, 0.25) is 0 Å². The second-order valence-electron chi connectivity index (χ2n) is 4.19. The number of carbonyl (C=O) groups excluding carboxylic acids is 1. The Morgan fingerprint density at radius 1 is 1.67 bits per heavy atom. The van der Waals surface area contributed by atoms with Crippen molar-refractivity contribution in [3.63, 3.8) is 0 Å². The normalized spacial score (nSPS) is 24.9. The van der Waals surface area contributed by atoms with Crippen molar-refractivity contribution in [2.75, 3.05) is 6.61 Å². The van der Waals surface area contributed by atoms with E-state index in [0.29, 0.717) is 6.61 Å². The smallest absolute Gasteiger partial charge is 0.302 e. The summed E-state index contributed by atoms with van der Waals surface area (Å²) in [5.74, 6) is -0.199. The lowest BCUT2D eigenvalue weighted by Crippen LogP contribution is -2.19. The zero-order chi connectivity index (χ0) is 11.5. The van der Waals surface area contributed by atoms with E-state index >= 15 is 0 Å². The number of esters is 1. The number of hydrogen-bond acceptors (Lipinski definition) is 3. The highest BCUT2D eigenvalue weighted by atomic mass is 32.2. The largest absolute Gasteiger partial charge is 0.466 e. The lowest BCUT2D eigenvalue weighted by atomic mass is 10.0. The Kier molecular flexibility index (Phi) is 4.03. The van der Waals surface area contributed by atoms with Gasteiger partial charge >= 0.3 is 5.97 Å². The minimum absolute atomic E-state index is 0.170. The molecular weight excluding hydrogens is 208 g/mol. The van der Waals surface area contributed by atoms with Crippen LogP contribution in [-0.2, 0) is 9.53 Å². The van der Waals surface area contributed by atoms with Crippen molar-refractivity contribution in [3.8, 4) is 0 Å². The molecule has 1 aliphatic heterocycles. The van der Waals surface area contributed by atoms with Crippen molar-refractivity contribution in [1.29, 1.82) is 0 Å². The number of allylic oxidation sites excluding steroid dienone is 2. The molecule has 0 aromatic rings. The third kappa shape index (κ3) is 3.74. The molecule has 1 heterocycles. The van der Waals surface area contributed by atoms with E-state index in [1.807, 2.05) is 18.7 Å². The molecule has 1 atom stereocenters. The van der Waals surface area contributed by atoms with Crippen molar-refractivity contribution in [1.82, 2.24) is 0 Å². The standard InChI is InChI=1S/C12H18O2S/c1-9(2)11-5-6-12(4,15-11)7-8-14-10(3)13/h5H,1,6-8H2,2-4H3. The second-order valence-corrected chi connectivity index (χ2v) is 5.82. The average molecular weight is 226 g/mol. The molecule has 0 radical (unpaired) electrons. The quantitative estimate of drug-likeness (QED) is 0.688. The molecule has 0 aromatic carbocycles. The highest BCUT2D eigenvalue weighted by molar-refractivity contribution is 8.04. The first-order valence-electron chi connectivity index (χ1n) is 5.11. The van der Waals surface area contributed by atoms with Gasteiger partial charge < -0.3 is 4.74 Å². The Hall–Kier alpha value is -0.700. The lowest BCUT2D eigenvalue weighted by molar-refractivity contribution is -0.141. The van der Waals surface area contributed by atoms with Gasteiger partial charge in [0.05, 0.1) is 6.61 Å². The van der Waals surface area contributed by atoms with Crippen LogP contribution in [0.3, 0.4) is 0 Å². The van der Waals surface area contributed by atoms with E-state index in [1.165, 1.54) is 11.8 Å². The third-order valence-corrected chi connectivity index (χ3v) is 4.03. The molecule has 0 saturated carbocycles. The van der Waals surface area contributed by atoms with Gasteiger partial charge in [-0.05, 0) is 32.3 Å². The van der Waals surface area contributed by atoms with Gasteiger partial charge in [-0.3, -0.25) is 4.79 Å². The van der Waals surface area contributed by atoms with Gasteiger partial charge in [-0.1, -0.05) is 12.7 Å². The maximum absolute atomic E-state index is 10.6. The van der Waals surface area contributed by atoms with Gasteiger partial charge in [0.25, 0.3) is 0 Å². The lowest BCUT2D eigenvalue weighted by Gasteiger charge is -2.23. The zero-order valence-electron chi connectivity index (χ0n) is 9.63. The van der Waals surface area contributed by atoms with E-state index in [2.05, 4.69) is 19.6 Å². The topological polar surface area (TPSA) is 26.3 Å². The Balaban J connectivity index is 2.38. The van der Waals surface area contributed by atoms with Crippen LogP contribution < -0.4 is 0 Å². The Bertz CT molecular complexity index is 307. The van der Waals surface area contributed by atoms with Crippen LogP contribution in [0.15, 0.2) is 23.1 Å². The van der Waals surface area contributed by atoms with Crippen molar-refractivity contribution in [3.05, 3.63) is 23.1 Å². The third-order valence-electron chi connectivity index (χ3n) is 2.43. The highest BCUT2D eigenvalue weighted by Gasteiger charge is 2.30. The maximum atomic E-state index is 10.6. The van der Waals surface area contributed by atoms with E-state index < -0.39 is 0 Å². The number of carbonyl (C=O) groups is 1. The van der Waals surface area contributed by atoms with Crippen LogP contribution in [0.2, 0.25) is 0 Å². The van der Waals surface area contributed by atoms with Crippen LogP contribution in [0.1, 0.15) is 33.6 Å². The fourth-order valence-corrected chi connectivity index (χ4v) is 2.71. The summed E-state index contributed by atoms with van der Waals surface area (Å²) in [4.78, 5) is 11.9. The maximum Gasteiger partial charge on any atom is 0.302 e. The minimum atomic E-state index is -0.199. The number of rotatable bonds is 4. The summed E-state index contributed by atoms with van der Waals surface area (Å²) in [6.07, 6.45) is 4.15. The van der Waals surface area contributed by atoms with Gasteiger partial charge in [0.15, 0.2) is 0 Å². The molecule has 84 valence electrons. The number of ether oxygens (including phenoxy) is 1. The summed E-state index contributed by atoms with van der Waals surface area (Å²) in [7, 11) is 0. The van der Waals surface area contributed by atoms with Gasteiger partial charge in [-0.15, -0.1) is 11.8 Å². The van der Waals surface area contributed by atoms with Crippen LogP contribution in [0.5, 0.6) is 0 Å². The number of thioether (sulfide) groups is 1. The predicted molar refractivity (Wildman–Crippen MR) is 64.8 cm³/mol. The van der Waals surface area contributed by atoms with Gasteiger partial charge in [-0.25, -0.2) is 0 Å². The second kappa shape index (κ2) is 4.88. The molecule has 0 bridgehead atoms. The summed E-state index contributed by atoms with van der Waals surface area (Å²) in [6, 6.07) is 0. The van der Waals surface area contributed by atoms with Crippen molar-refractivity contribution in [2.24, 2.45) is 0 Å². The van der Waals surface area contributed by atoms with Crippen LogP contribution >= 0.6 is 11.8 Å². The van der Waals surface area contributed by atoms with Gasteiger partial charge in [-0.2, -0.15) is 0 Å². The molecule has 0 aliphatic carbocycles. The first-order valence-corrected chi connectivity index (χ1v) is 5.93. The van der Waals surface area contributed by atoms with Crippen molar-refractivity contribution >= 4 is 17.7 Å². The van der Waals surface area contributed by atoms with Crippen LogP contribution in [-0.4, -0.2) is 17.3 Å². The Labute approximate surface area is 95.8 Å². The zero-order valence-corrected chi connectivity index (χ0v) is 10.4. The van der Waals surface area contributed by atoms with E-state index in [4.69, 9.17) is 4.74 Å². The summed E-state index contributed by atoms with van der Waals surface area (Å²) in [5, 5.41) is 0. The summed E-state index contributed by atoms with van der Waals surface area (Å²) >= 11 is 1.84. The Morgan fingerprint density at radius 3 is 2.80 bits per heavy atom. The predicted octanol–water partition coefficient (Wildman–Crippen LogP) is 3.30. The van der Waals surface area contributed by atoms with Gasteiger partial charge in [0.1, 0.15) is 0 Å². The Morgan fingerprint density at radius 2 is 2.33 bits per heavy atom. The molecule has 0 saturated heterocycles. The molecule has 0 N–H and O–H groups in total. The van der Waals surface area contributed by atoms with Crippen molar-refractivity contribution < 1.29 is 9.53 Å². The minimum Gasteiger partial charge on any atom is -0.466 e. The monoisotopic (exact) mass is 226 g/mol. The molecule has 15 heavy (non-hydrogen) atoms. The molecule has 1 rings (SSSR count). The number of hydrogen-bond donors (Lipinski definition) is 0. The first-order chi connectivity index (χ1) is 6.93. The first kappa shape index (κ1) is 12.4. The van der Waals surface area contributed by atoms with Crippen LogP contribution in [0.25, 0.3) is 0 Å². The fraction of sp³-hybridized carbons (Fsp3) is 0.583. The molecule has 0 amide bonds. The molecule has 2 nitrogen and oxygen atoms in total. The van der Waals surface area contributed by atoms with Crippen molar-refractivity contribution in [2.45, 2.75) is 38.4 Å². The summed E-state index contributed by atoms with van der Waals surface area (Å²) in [6.45, 7) is 10.1. The molecule has 0 aromatic heterocycles. The van der Waals surface area contributed by atoms with E-state index in [0.717, 1.165) is 18.4 Å². The molecule has 1 aliphatic rings. The summed E-state index contributed by atoms with van der Waals surface area (Å²) in [5.41, 5.74) is 1.12. The molecule has 0 spiro atoms. The molecule has 3 heteroatoms. The van der Waals surface area contributed by atoms with E-state index in [1.54, 1.807) is 0 Å². The van der Waals surface area contributed by atoms with E-state index in [-0.39, 0.29) is 10.7 Å². The molecular formula is C12H18O2S. The SMILES string of the molecule is C=C(C)C1=CCC(C)(CCOC(C)=O)S1. The molecule has 0 fully saturated rings. The van der Waals surface area contributed by atoms with Gasteiger partial charge in [0, 0.05) is 16.6 Å². The summed E-state index contributed by atoms with van der Waals surface area (Å²) < 4.78 is 5.14. The fourth-order valence-electron chi connectivity index (χ4n) is 1.48. The average Bonchev–Trinajstić information content (AvgIpc) is 2.47. The van der Waals surface area contributed by atoms with E-state index in [9.17, 15) is 4.79 Å². The molecule has 1 unspecified atom stereocenters. The van der Waals surface area contributed by atoms with Crippen LogP contribution in [0, 0.1) is 0 Å². The highest BCUT2D eigenvalue weighted by Crippen LogP contribution is 2.46. The van der Waals surface area contributed by atoms with Crippen LogP contribution in [0.4, 0.5) is 0 Å².